The van der Waals surface area contributed by atoms with Gasteiger partial charge in [0.1, 0.15) is 0 Å². The van der Waals surface area contributed by atoms with Crippen molar-refractivity contribution in [3.63, 3.8) is 0 Å². The molecule has 1 aromatic heterocycles. The minimum absolute atomic E-state index is 0.0415. The first-order valence-electron chi connectivity index (χ1n) is 9.42. The van der Waals surface area contributed by atoms with E-state index in [1.54, 1.807) is 12.4 Å². The molecule has 0 bridgehead atoms. The lowest BCUT2D eigenvalue weighted by Crippen LogP contribution is -2.50. The highest BCUT2D eigenvalue weighted by Gasteiger charge is 2.32. The Morgan fingerprint density at radius 3 is 2.85 bits per heavy atom. The van der Waals surface area contributed by atoms with Crippen LogP contribution >= 0.6 is 0 Å². The molecule has 2 aliphatic rings. The Morgan fingerprint density at radius 2 is 2.08 bits per heavy atom. The Balaban J connectivity index is 1.50. The zero-order valence-electron chi connectivity index (χ0n) is 15.2. The maximum Gasteiger partial charge on any atom is 0.231 e. The summed E-state index contributed by atoms with van der Waals surface area (Å²) in [7, 11) is 0. The van der Waals surface area contributed by atoms with Gasteiger partial charge in [-0.3, -0.25) is 19.5 Å². The molecule has 0 aromatic carbocycles. The van der Waals surface area contributed by atoms with Crippen LogP contribution in [0.4, 0.5) is 0 Å². The first kappa shape index (κ1) is 18.8. The number of likely N-dealkylation sites (tertiary alicyclic amines) is 2. The summed E-state index contributed by atoms with van der Waals surface area (Å²) in [6, 6.07) is 3.89. The van der Waals surface area contributed by atoms with E-state index in [1.807, 2.05) is 21.9 Å². The number of amides is 2. The Hall–Kier alpha value is -1.99. The van der Waals surface area contributed by atoms with E-state index in [1.165, 1.54) is 0 Å². The van der Waals surface area contributed by atoms with Gasteiger partial charge in [0.25, 0.3) is 0 Å². The smallest absolute Gasteiger partial charge is 0.231 e. The molecule has 142 valence electrons. The van der Waals surface area contributed by atoms with E-state index in [-0.39, 0.29) is 30.4 Å². The van der Waals surface area contributed by atoms with Crippen molar-refractivity contribution in [3.8, 4) is 0 Å². The third-order valence-corrected chi connectivity index (χ3v) is 5.13. The minimum Gasteiger partial charge on any atom is -0.372 e. The number of carbonyl (C=O) groups excluding carboxylic acids is 2. The molecule has 2 saturated heterocycles. The summed E-state index contributed by atoms with van der Waals surface area (Å²) >= 11 is 0. The van der Waals surface area contributed by atoms with E-state index in [0.29, 0.717) is 19.7 Å². The number of carbonyl (C=O) groups is 2. The summed E-state index contributed by atoms with van der Waals surface area (Å²) in [5.74, 6) is -0.186. The van der Waals surface area contributed by atoms with E-state index >= 15 is 0 Å². The SMILES string of the molecule is NC(=O)CN1CCCC(C(=O)N2CCCC(OCc3cccnc3)C2)C1. The molecule has 0 radical (unpaired) electrons. The zero-order valence-corrected chi connectivity index (χ0v) is 15.2. The maximum absolute atomic E-state index is 12.9. The highest BCUT2D eigenvalue weighted by molar-refractivity contribution is 5.80. The number of aromatic nitrogens is 1. The molecule has 0 spiro atoms. The van der Waals surface area contributed by atoms with E-state index in [2.05, 4.69) is 4.98 Å². The van der Waals surface area contributed by atoms with Crippen molar-refractivity contribution in [2.75, 3.05) is 32.7 Å². The highest BCUT2D eigenvalue weighted by atomic mass is 16.5. The molecule has 3 heterocycles. The first-order valence-corrected chi connectivity index (χ1v) is 9.42. The fourth-order valence-corrected chi connectivity index (χ4v) is 3.85. The van der Waals surface area contributed by atoms with Crippen LogP contribution in [0.25, 0.3) is 0 Å². The molecule has 2 amide bonds. The summed E-state index contributed by atoms with van der Waals surface area (Å²) in [4.78, 5) is 32.1. The summed E-state index contributed by atoms with van der Waals surface area (Å²) < 4.78 is 6.01. The van der Waals surface area contributed by atoms with Gasteiger partial charge in [0.05, 0.1) is 25.2 Å². The predicted octanol–water partition coefficient (Wildman–Crippen LogP) is 0.787. The summed E-state index contributed by atoms with van der Waals surface area (Å²) in [5, 5.41) is 0. The van der Waals surface area contributed by atoms with Crippen LogP contribution in [-0.4, -0.2) is 65.4 Å². The second-order valence-corrected chi connectivity index (χ2v) is 7.26. The molecule has 2 aliphatic heterocycles. The van der Waals surface area contributed by atoms with Crippen LogP contribution in [0, 0.1) is 5.92 Å². The van der Waals surface area contributed by atoms with Gasteiger partial charge < -0.3 is 15.4 Å². The predicted molar refractivity (Wildman–Crippen MR) is 97.0 cm³/mol. The van der Waals surface area contributed by atoms with Gasteiger partial charge in [0, 0.05) is 32.0 Å². The second kappa shape index (κ2) is 9.09. The third-order valence-electron chi connectivity index (χ3n) is 5.13. The fraction of sp³-hybridized carbons (Fsp3) is 0.632. The van der Waals surface area contributed by atoms with E-state index < -0.39 is 0 Å². The Kier molecular flexibility index (Phi) is 6.57. The lowest BCUT2D eigenvalue weighted by atomic mass is 9.95. The monoisotopic (exact) mass is 360 g/mol. The van der Waals surface area contributed by atoms with Crippen LogP contribution < -0.4 is 5.73 Å². The number of ether oxygens (including phenoxy) is 1. The molecular weight excluding hydrogens is 332 g/mol. The van der Waals surface area contributed by atoms with Crippen molar-refractivity contribution in [3.05, 3.63) is 30.1 Å². The maximum atomic E-state index is 12.9. The number of nitrogens with two attached hydrogens (primary N) is 1. The third kappa shape index (κ3) is 5.25. The lowest BCUT2D eigenvalue weighted by Gasteiger charge is -2.38. The number of pyridine rings is 1. The number of nitrogens with zero attached hydrogens (tertiary/aromatic N) is 3. The molecule has 2 N–H and O–H groups in total. The van der Waals surface area contributed by atoms with Crippen molar-refractivity contribution < 1.29 is 14.3 Å². The van der Waals surface area contributed by atoms with E-state index in [9.17, 15) is 9.59 Å². The second-order valence-electron chi connectivity index (χ2n) is 7.26. The Morgan fingerprint density at radius 1 is 1.23 bits per heavy atom. The van der Waals surface area contributed by atoms with Crippen molar-refractivity contribution >= 4 is 11.8 Å². The molecule has 2 unspecified atom stereocenters. The molecule has 2 fully saturated rings. The van der Waals surface area contributed by atoms with Crippen LogP contribution in [0.1, 0.15) is 31.2 Å². The summed E-state index contributed by atoms with van der Waals surface area (Å²) in [6.45, 7) is 3.66. The highest BCUT2D eigenvalue weighted by Crippen LogP contribution is 2.22. The quantitative estimate of drug-likeness (QED) is 0.810. The van der Waals surface area contributed by atoms with Gasteiger partial charge in [-0.1, -0.05) is 6.07 Å². The molecule has 0 saturated carbocycles. The van der Waals surface area contributed by atoms with E-state index in [4.69, 9.17) is 10.5 Å². The normalized spacial score (nSPS) is 24.4. The van der Waals surface area contributed by atoms with Crippen molar-refractivity contribution in [2.24, 2.45) is 11.7 Å². The molecule has 26 heavy (non-hydrogen) atoms. The molecule has 0 aliphatic carbocycles. The molecule has 7 heteroatoms. The van der Waals surface area contributed by atoms with Crippen LogP contribution in [0.15, 0.2) is 24.5 Å². The van der Waals surface area contributed by atoms with Crippen LogP contribution in [0.5, 0.6) is 0 Å². The largest absolute Gasteiger partial charge is 0.372 e. The van der Waals surface area contributed by atoms with Crippen LogP contribution in [0.3, 0.4) is 0 Å². The number of rotatable bonds is 6. The molecule has 2 atom stereocenters. The number of piperidine rings is 2. The van der Waals surface area contributed by atoms with Gasteiger partial charge >= 0.3 is 0 Å². The van der Waals surface area contributed by atoms with Crippen LogP contribution in [0.2, 0.25) is 0 Å². The number of primary amides is 1. The number of hydrogen-bond acceptors (Lipinski definition) is 5. The fourth-order valence-electron chi connectivity index (χ4n) is 3.85. The van der Waals surface area contributed by atoms with Crippen LogP contribution in [-0.2, 0) is 20.9 Å². The summed E-state index contributed by atoms with van der Waals surface area (Å²) in [5.41, 5.74) is 6.34. The van der Waals surface area contributed by atoms with Crippen molar-refractivity contribution in [1.82, 2.24) is 14.8 Å². The van der Waals surface area contributed by atoms with Crippen molar-refractivity contribution in [2.45, 2.75) is 38.4 Å². The Labute approximate surface area is 154 Å². The average molecular weight is 360 g/mol. The van der Waals surface area contributed by atoms with Gasteiger partial charge in [-0.25, -0.2) is 0 Å². The molecule has 1 aromatic rings. The van der Waals surface area contributed by atoms with Crippen molar-refractivity contribution in [1.29, 1.82) is 0 Å². The van der Waals surface area contributed by atoms with Gasteiger partial charge in [-0.05, 0) is 43.9 Å². The topological polar surface area (TPSA) is 88.8 Å². The molecule has 7 nitrogen and oxygen atoms in total. The van der Waals surface area contributed by atoms with Gasteiger partial charge in [-0.15, -0.1) is 0 Å². The van der Waals surface area contributed by atoms with Gasteiger partial charge in [0.2, 0.25) is 11.8 Å². The van der Waals surface area contributed by atoms with Gasteiger partial charge in [-0.2, -0.15) is 0 Å². The average Bonchev–Trinajstić information content (AvgIpc) is 2.66. The van der Waals surface area contributed by atoms with Gasteiger partial charge in [0.15, 0.2) is 0 Å². The van der Waals surface area contributed by atoms with E-state index in [0.717, 1.165) is 44.3 Å². The zero-order chi connectivity index (χ0) is 18.4. The summed E-state index contributed by atoms with van der Waals surface area (Å²) in [6.07, 6.45) is 7.36. The molecule has 3 rings (SSSR count). The minimum atomic E-state index is -0.333. The lowest BCUT2D eigenvalue weighted by molar-refractivity contribution is -0.142. The first-order chi connectivity index (χ1) is 12.6. The number of hydrogen-bond donors (Lipinski definition) is 1. The standard InChI is InChI=1S/C19H28N4O3/c20-18(24)13-22-8-2-5-16(11-22)19(25)23-9-3-6-17(12-23)26-14-15-4-1-7-21-10-15/h1,4,7,10,16-17H,2-3,5-6,8-9,11-14H2,(H2,20,24). The Bertz CT molecular complexity index is 610. The molecular formula is C19H28N4O3.